The number of hydrogen-bond donors (Lipinski definition) is 1. The van der Waals surface area contributed by atoms with Crippen molar-refractivity contribution in [2.75, 3.05) is 18.8 Å². The molecule has 0 unspecified atom stereocenters. The van der Waals surface area contributed by atoms with Crippen LogP contribution in [0.2, 0.25) is 0 Å². The van der Waals surface area contributed by atoms with Crippen LogP contribution in [0.4, 0.5) is 4.39 Å². The molecule has 1 aromatic carbocycles. The summed E-state index contributed by atoms with van der Waals surface area (Å²) in [7, 11) is -3.07. The van der Waals surface area contributed by atoms with Gasteiger partial charge >= 0.3 is 0 Å². The van der Waals surface area contributed by atoms with Gasteiger partial charge in [-0.3, -0.25) is 0 Å². The third kappa shape index (κ3) is 4.48. The lowest BCUT2D eigenvalue weighted by Gasteiger charge is -2.31. The second kappa shape index (κ2) is 7.17. The molecule has 1 aliphatic rings. The normalized spacial score (nSPS) is 18.0. The molecule has 4 nitrogen and oxygen atoms in total. The van der Waals surface area contributed by atoms with Crippen molar-refractivity contribution in [3.63, 3.8) is 0 Å². The predicted octanol–water partition coefficient (Wildman–Crippen LogP) is 2.49. The van der Waals surface area contributed by atoms with Crippen LogP contribution in [-0.4, -0.2) is 37.6 Å². The maximum Gasteiger partial charge on any atom is 0.213 e. The minimum Gasteiger partial charge on any atom is -0.310 e. The first-order valence-electron chi connectivity index (χ1n) is 7.07. The van der Waals surface area contributed by atoms with E-state index in [9.17, 15) is 12.8 Å². The van der Waals surface area contributed by atoms with Gasteiger partial charge in [-0.25, -0.2) is 17.1 Å². The van der Waals surface area contributed by atoms with Crippen LogP contribution in [-0.2, 0) is 16.6 Å². The average Bonchev–Trinajstić information content (AvgIpc) is 2.49. The molecule has 0 radical (unpaired) electrons. The Morgan fingerprint density at radius 3 is 2.62 bits per heavy atom. The van der Waals surface area contributed by atoms with Crippen LogP contribution in [0.1, 0.15) is 25.3 Å². The second-order valence-corrected chi connectivity index (χ2v) is 8.32. The summed E-state index contributed by atoms with van der Waals surface area (Å²) < 4.78 is 39.0. The Morgan fingerprint density at radius 2 is 2.05 bits per heavy atom. The van der Waals surface area contributed by atoms with E-state index in [0.29, 0.717) is 24.1 Å². The molecule has 1 N–H and O–H groups in total. The third-order valence-corrected chi connectivity index (χ3v) is 6.32. The summed E-state index contributed by atoms with van der Waals surface area (Å²) in [5, 5.41) is 3.37. The molecule has 0 amide bonds. The Bertz CT molecular complexity index is 587. The molecule has 118 valence electrons. The molecule has 0 saturated carbocycles. The lowest BCUT2D eigenvalue weighted by molar-refractivity contribution is 0.289. The van der Waals surface area contributed by atoms with Gasteiger partial charge in [-0.15, -0.1) is 0 Å². The number of hydrogen-bond acceptors (Lipinski definition) is 3. The van der Waals surface area contributed by atoms with Crippen LogP contribution in [0.3, 0.4) is 0 Å². The van der Waals surface area contributed by atoms with Crippen molar-refractivity contribution in [3.05, 3.63) is 34.1 Å². The van der Waals surface area contributed by atoms with Gasteiger partial charge in [-0.2, -0.15) is 0 Å². The molecule has 1 fully saturated rings. The van der Waals surface area contributed by atoms with Crippen LogP contribution >= 0.6 is 15.9 Å². The molecule has 0 spiro atoms. The van der Waals surface area contributed by atoms with E-state index >= 15 is 0 Å². The number of benzene rings is 1. The van der Waals surface area contributed by atoms with Gasteiger partial charge in [0, 0.05) is 25.7 Å². The molecule has 1 heterocycles. The number of nitrogens with one attached hydrogen (secondary N) is 1. The van der Waals surface area contributed by atoms with Gasteiger partial charge < -0.3 is 5.32 Å². The van der Waals surface area contributed by atoms with Crippen LogP contribution in [0, 0.1) is 5.82 Å². The second-order valence-electron chi connectivity index (χ2n) is 5.20. The molecule has 2 rings (SSSR count). The largest absolute Gasteiger partial charge is 0.310 e. The highest BCUT2D eigenvalue weighted by atomic mass is 79.9. The fourth-order valence-electron chi connectivity index (χ4n) is 2.43. The molecule has 21 heavy (non-hydrogen) atoms. The van der Waals surface area contributed by atoms with E-state index < -0.39 is 10.0 Å². The number of piperidine rings is 1. The number of halogens is 2. The van der Waals surface area contributed by atoms with E-state index in [1.807, 2.05) is 6.07 Å². The van der Waals surface area contributed by atoms with Crippen molar-refractivity contribution in [2.24, 2.45) is 0 Å². The topological polar surface area (TPSA) is 49.4 Å². The molecule has 0 aliphatic carbocycles. The summed E-state index contributed by atoms with van der Waals surface area (Å²) in [6.45, 7) is 3.38. The van der Waals surface area contributed by atoms with E-state index in [2.05, 4.69) is 21.2 Å². The Morgan fingerprint density at radius 1 is 1.38 bits per heavy atom. The zero-order valence-electron chi connectivity index (χ0n) is 12.0. The maximum absolute atomic E-state index is 13.4. The number of sulfonamides is 1. The van der Waals surface area contributed by atoms with Crippen molar-refractivity contribution in [3.8, 4) is 0 Å². The van der Waals surface area contributed by atoms with E-state index in [1.165, 1.54) is 6.07 Å². The summed E-state index contributed by atoms with van der Waals surface area (Å²) in [4.78, 5) is 0. The molecule has 1 aromatic rings. The Labute approximate surface area is 133 Å². The lowest BCUT2D eigenvalue weighted by atomic mass is 10.1. The van der Waals surface area contributed by atoms with Crippen LogP contribution in [0.5, 0.6) is 0 Å². The third-order valence-electron chi connectivity index (χ3n) is 3.79. The van der Waals surface area contributed by atoms with Gasteiger partial charge in [-0.1, -0.05) is 6.07 Å². The highest BCUT2D eigenvalue weighted by Gasteiger charge is 2.26. The average molecular weight is 379 g/mol. The van der Waals surface area contributed by atoms with E-state index in [0.717, 1.165) is 18.4 Å². The minimum absolute atomic E-state index is 0.156. The van der Waals surface area contributed by atoms with Gasteiger partial charge in [-0.05, 0) is 53.4 Å². The molecule has 1 saturated heterocycles. The summed E-state index contributed by atoms with van der Waals surface area (Å²) >= 11 is 3.13. The number of rotatable bonds is 5. The van der Waals surface area contributed by atoms with Crippen molar-refractivity contribution in [1.29, 1.82) is 0 Å². The van der Waals surface area contributed by atoms with E-state index in [-0.39, 0.29) is 17.6 Å². The maximum atomic E-state index is 13.4. The fraction of sp³-hybridized carbons (Fsp3) is 0.571. The first-order chi connectivity index (χ1) is 9.92. The van der Waals surface area contributed by atoms with Gasteiger partial charge in [0.2, 0.25) is 10.0 Å². The van der Waals surface area contributed by atoms with Crippen LogP contribution in [0.25, 0.3) is 0 Å². The molecule has 7 heteroatoms. The lowest BCUT2D eigenvalue weighted by Crippen LogP contribution is -2.45. The van der Waals surface area contributed by atoms with E-state index in [1.54, 1.807) is 17.3 Å². The van der Waals surface area contributed by atoms with Gasteiger partial charge in [0.1, 0.15) is 5.82 Å². The van der Waals surface area contributed by atoms with E-state index in [4.69, 9.17) is 0 Å². The SMILES string of the molecule is CCS(=O)(=O)N1CCC(NCc2ccc(Br)c(F)c2)CC1. The molecular weight excluding hydrogens is 359 g/mol. The molecule has 0 aromatic heterocycles. The zero-order valence-corrected chi connectivity index (χ0v) is 14.4. The van der Waals surface area contributed by atoms with Crippen LogP contribution < -0.4 is 5.32 Å². The monoisotopic (exact) mass is 378 g/mol. The summed E-state index contributed by atoms with van der Waals surface area (Å²) in [5.41, 5.74) is 0.888. The van der Waals surface area contributed by atoms with Crippen molar-refractivity contribution in [2.45, 2.75) is 32.4 Å². The van der Waals surface area contributed by atoms with Gasteiger partial charge in [0.05, 0.1) is 10.2 Å². The molecular formula is C14H20BrFN2O2S. The van der Waals surface area contributed by atoms with Crippen LogP contribution in [0.15, 0.2) is 22.7 Å². The summed E-state index contributed by atoms with van der Waals surface area (Å²) in [6, 6.07) is 5.35. The van der Waals surface area contributed by atoms with Crippen molar-refractivity contribution in [1.82, 2.24) is 9.62 Å². The van der Waals surface area contributed by atoms with Crippen molar-refractivity contribution < 1.29 is 12.8 Å². The van der Waals surface area contributed by atoms with Gasteiger partial charge in [0.15, 0.2) is 0 Å². The fourth-order valence-corrected chi connectivity index (χ4v) is 3.81. The van der Waals surface area contributed by atoms with Gasteiger partial charge in [0.25, 0.3) is 0 Å². The molecule has 0 bridgehead atoms. The summed E-state index contributed by atoms with van der Waals surface area (Å²) in [6.07, 6.45) is 1.58. The molecule has 1 aliphatic heterocycles. The highest BCUT2D eigenvalue weighted by molar-refractivity contribution is 9.10. The quantitative estimate of drug-likeness (QED) is 0.855. The zero-order chi connectivity index (χ0) is 15.5. The summed E-state index contributed by atoms with van der Waals surface area (Å²) in [5.74, 6) is -0.110. The number of nitrogens with zero attached hydrogens (tertiary/aromatic N) is 1. The predicted molar refractivity (Wildman–Crippen MR) is 85.0 cm³/mol. The minimum atomic E-state index is -3.07. The Hall–Kier alpha value is -0.500. The first-order valence-corrected chi connectivity index (χ1v) is 9.47. The highest BCUT2D eigenvalue weighted by Crippen LogP contribution is 2.18. The molecule has 0 atom stereocenters. The Kier molecular flexibility index (Phi) is 5.76. The Balaban J connectivity index is 1.82. The first kappa shape index (κ1) is 16.9. The smallest absolute Gasteiger partial charge is 0.213 e. The standard InChI is InChI=1S/C14H20BrFN2O2S/c1-2-21(19,20)18-7-5-12(6-8-18)17-10-11-3-4-13(15)14(16)9-11/h3-4,9,12,17H,2,5-8,10H2,1H3. The van der Waals surface area contributed by atoms with Crippen molar-refractivity contribution >= 4 is 26.0 Å².